The van der Waals surface area contributed by atoms with Crippen molar-refractivity contribution in [3.63, 3.8) is 0 Å². The Hall–Kier alpha value is -1.36. The number of ether oxygens (including phenoxy) is 2. The Morgan fingerprint density at radius 1 is 0.947 bits per heavy atom. The summed E-state index contributed by atoms with van der Waals surface area (Å²) in [5, 5.41) is 11.0. The van der Waals surface area contributed by atoms with Gasteiger partial charge >= 0.3 is 11.9 Å². The Kier molecular flexibility index (Phi) is 6.73. The Labute approximate surface area is 230 Å². The molecule has 5 nitrogen and oxygen atoms in total. The second-order valence-electron chi connectivity index (χ2n) is 15.3. The van der Waals surface area contributed by atoms with Crippen LogP contribution in [0.3, 0.4) is 0 Å². The van der Waals surface area contributed by atoms with Crippen molar-refractivity contribution < 1.29 is 24.2 Å². The van der Waals surface area contributed by atoms with Gasteiger partial charge in [0.1, 0.15) is 0 Å². The third kappa shape index (κ3) is 3.58. The number of carbonyl (C=O) groups is 2. The van der Waals surface area contributed by atoms with Crippen LogP contribution in [0.4, 0.5) is 0 Å². The summed E-state index contributed by atoms with van der Waals surface area (Å²) in [6.07, 6.45) is 11.4. The van der Waals surface area contributed by atoms with E-state index in [4.69, 9.17) is 9.47 Å². The van der Waals surface area contributed by atoms with Crippen molar-refractivity contribution >= 4 is 11.9 Å². The predicted octanol–water partition coefficient (Wildman–Crippen LogP) is 6.72. The number of aliphatic hydroxyl groups excluding tert-OH is 1. The van der Waals surface area contributed by atoms with Gasteiger partial charge in [0.2, 0.25) is 0 Å². The van der Waals surface area contributed by atoms with Gasteiger partial charge in [0.25, 0.3) is 0 Å². The number of carbonyl (C=O) groups excluding carboxylic acids is 2. The third-order valence-electron chi connectivity index (χ3n) is 13.9. The SMILES string of the molecule is COC(=O)COC(=O)[C@]12CC[C@@H](C)[C@H](C)C1C1=CCC3[C@@]4(C)CCC(O)C(C)(C)C4CC[C@@]3(C)[C@]1(C)CC2. The minimum atomic E-state index is -0.549. The van der Waals surface area contributed by atoms with Gasteiger partial charge in [0.15, 0.2) is 6.61 Å². The Balaban J connectivity index is 1.55. The van der Waals surface area contributed by atoms with E-state index in [2.05, 4.69) is 54.5 Å². The quantitative estimate of drug-likeness (QED) is 0.325. The molecule has 5 heteroatoms. The zero-order chi connectivity index (χ0) is 27.9. The van der Waals surface area contributed by atoms with Crippen molar-refractivity contribution in [1.82, 2.24) is 0 Å². The molecule has 10 atom stereocenters. The first-order valence-corrected chi connectivity index (χ1v) is 15.3. The van der Waals surface area contributed by atoms with E-state index in [9.17, 15) is 14.7 Å². The summed E-state index contributed by atoms with van der Waals surface area (Å²) < 4.78 is 10.4. The van der Waals surface area contributed by atoms with E-state index in [0.29, 0.717) is 23.7 Å². The summed E-state index contributed by atoms with van der Waals surface area (Å²) in [4.78, 5) is 25.7. The number of methoxy groups -OCH3 is 1. The van der Waals surface area contributed by atoms with Crippen molar-refractivity contribution in [3.05, 3.63) is 11.6 Å². The molecule has 0 aliphatic heterocycles. The molecule has 4 fully saturated rings. The summed E-state index contributed by atoms with van der Waals surface area (Å²) in [7, 11) is 1.33. The molecule has 0 aromatic heterocycles. The second-order valence-corrected chi connectivity index (χ2v) is 15.3. The van der Waals surface area contributed by atoms with Crippen molar-refractivity contribution in [3.8, 4) is 0 Å². The highest BCUT2D eigenvalue weighted by molar-refractivity contribution is 5.81. The number of rotatable bonds is 3. The van der Waals surface area contributed by atoms with E-state index in [-0.39, 0.29) is 46.3 Å². The molecular formula is C33H52O5. The van der Waals surface area contributed by atoms with Gasteiger partial charge in [0.05, 0.1) is 18.6 Å². The fraction of sp³-hybridized carbons (Fsp3) is 0.879. The molecule has 0 radical (unpaired) electrons. The fourth-order valence-corrected chi connectivity index (χ4v) is 11.2. The Morgan fingerprint density at radius 3 is 2.34 bits per heavy atom. The zero-order valence-corrected chi connectivity index (χ0v) is 25.2. The molecule has 0 heterocycles. The predicted molar refractivity (Wildman–Crippen MR) is 148 cm³/mol. The largest absolute Gasteiger partial charge is 0.466 e. The van der Waals surface area contributed by atoms with Gasteiger partial charge in [-0.05, 0) is 109 Å². The normalized spacial score (nSPS) is 49.3. The molecule has 1 N–H and O–H groups in total. The van der Waals surface area contributed by atoms with Gasteiger partial charge in [-0.25, -0.2) is 4.79 Å². The molecule has 5 rings (SSSR count). The summed E-state index contributed by atoms with van der Waals surface area (Å²) in [6.45, 7) is 16.6. The fourth-order valence-electron chi connectivity index (χ4n) is 11.2. The maximum absolute atomic E-state index is 13.8. The van der Waals surface area contributed by atoms with Gasteiger partial charge in [-0.2, -0.15) is 0 Å². The van der Waals surface area contributed by atoms with Crippen LogP contribution in [0.2, 0.25) is 0 Å². The lowest BCUT2D eigenvalue weighted by Crippen LogP contribution is -2.65. The smallest absolute Gasteiger partial charge is 0.344 e. The molecule has 0 bridgehead atoms. The average molecular weight is 529 g/mol. The van der Waals surface area contributed by atoms with Crippen molar-refractivity contribution in [1.29, 1.82) is 0 Å². The number of fused-ring (bicyclic) bond motifs is 7. The standard InChI is InChI=1S/C33H52O5/c1-20-11-16-33(28(36)38-19-26(35)37-8)18-17-31(6)22(27(33)21(20)2)9-10-24-30(5)14-13-25(34)29(3,4)23(30)12-15-32(24,31)7/h9,20-21,23-25,27,34H,10-19H2,1-8H3/t20-,21+,23?,24?,25?,27?,30+,31-,32-,33+/m1/s1. The Bertz CT molecular complexity index is 1010. The van der Waals surface area contributed by atoms with E-state index in [0.717, 1.165) is 44.9 Å². The zero-order valence-electron chi connectivity index (χ0n) is 25.2. The summed E-state index contributed by atoms with van der Waals surface area (Å²) in [5.74, 6) is 1.50. The molecule has 0 aromatic rings. The maximum atomic E-state index is 13.8. The third-order valence-corrected chi connectivity index (χ3v) is 13.9. The van der Waals surface area contributed by atoms with Gasteiger partial charge < -0.3 is 14.6 Å². The van der Waals surface area contributed by atoms with Crippen molar-refractivity contribution in [2.75, 3.05) is 13.7 Å². The first-order valence-electron chi connectivity index (χ1n) is 15.3. The monoisotopic (exact) mass is 528 g/mol. The van der Waals surface area contributed by atoms with Crippen molar-refractivity contribution in [2.24, 2.45) is 56.7 Å². The number of aliphatic hydroxyl groups is 1. The molecule has 0 aromatic carbocycles. The van der Waals surface area contributed by atoms with E-state index in [1.807, 2.05) is 0 Å². The second kappa shape index (κ2) is 9.08. The molecule has 38 heavy (non-hydrogen) atoms. The highest BCUT2D eigenvalue weighted by Gasteiger charge is 2.69. The average Bonchev–Trinajstić information content (AvgIpc) is 2.87. The lowest BCUT2D eigenvalue weighted by atomic mass is 9.33. The number of allylic oxidation sites excluding steroid dienone is 2. The maximum Gasteiger partial charge on any atom is 0.344 e. The number of hydrogen-bond donors (Lipinski definition) is 1. The van der Waals surface area contributed by atoms with Crippen LogP contribution in [0.15, 0.2) is 11.6 Å². The van der Waals surface area contributed by atoms with Gasteiger partial charge in [-0.1, -0.05) is 60.1 Å². The highest BCUT2D eigenvalue weighted by Crippen LogP contribution is 2.75. The van der Waals surface area contributed by atoms with Crippen LogP contribution < -0.4 is 0 Å². The van der Waals surface area contributed by atoms with Crippen LogP contribution in [0.5, 0.6) is 0 Å². The number of esters is 2. The molecule has 4 saturated carbocycles. The first kappa shape index (κ1) is 28.2. The van der Waals surface area contributed by atoms with E-state index in [1.165, 1.54) is 25.5 Å². The van der Waals surface area contributed by atoms with Gasteiger partial charge in [-0.15, -0.1) is 0 Å². The molecule has 5 aliphatic carbocycles. The van der Waals surface area contributed by atoms with Gasteiger partial charge in [-0.3, -0.25) is 4.79 Å². The lowest BCUT2D eigenvalue weighted by molar-refractivity contribution is -0.207. The van der Waals surface area contributed by atoms with Crippen molar-refractivity contribution in [2.45, 2.75) is 112 Å². The molecule has 0 saturated heterocycles. The van der Waals surface area contributed by atoms with Crippen LogP contribution in [-0.2, 0) is 19.1 Å². The lowest BCUT2D eigenvalue weighted by Gasteiger charge is -2.71. The minimum Gasteiger partial charge on any atom is -0.466 e. The summed E-state index contributed by atoms with van der Waals surface area (Å²) in [5.41, 5.74) is 1.30. The molecular weight excluding hydrogens is 476 g/mol. The van der Waals surface area contributed by atoms with E-state index in [1.54, 1.807) is 0 Å². The summed E-state index contributed by atoms with van der Waals surface area (Å²) in [6, 6.07) is 0. The molecule has 214 valence electrons. The number of hydrogen-bond acceptors (Lipinski definition) is 5. The molecule has 4 unspecified atom stereocenters. The highest BCUT2D eigenvalue weighted by atomic mass is 16.6. The van der Waals surface area contributed by atoms with E-state index < -0.39 is 11.4 Å². The molecule has 5 aliphatic rings. The Morgan fingerprint density at radius 2 is 1.66 bits per heavy atom. The van der Waals surface area contributed by atoms with Gasteiger partial charge in [0, 0.05) is 0 Å². The van der Waals surface area contributed by atoms with Crippen LogP contribution >= 0.6 is 0 Å². The van der Waals surface area contributed by atoms with Crippen LogP contribution in [0.1, 0.15) is 106 Å². The minimum absolute atomic E-state index is 0.0339. The molecule has 0 spiro atoms. The van der Waals surface area contributed by atoms with Crippen LogP contribution in [0, 0.1) is 56.7 Å². The first-order chi connectivity index (χ1) is 17.7. The van der Waals surface area contributed by atoms with E-state index >= 15 is 0 Å². The van der Waals surface area contributed by atoms with Crippen LogP contribution in [0.25, 0.3) is 0 Å². The van der Waals surface area contributed by atoms with Crippen LogP contribution in [-0.4, -0.2) is 36.9 Å². The molecule has 0 amide bonds. The summed E-state index contributed by atoms with van der Waals surface area (Å²) >= 11 is 0. The topological polar surface area (TPSA) is 72.8 Å².